The molecule has 3 nitrogen and oxygen atoms in total. The van der Waals surface area contributed by atoms with Crippen LogP contribution in [0.1, 0.15) is 28.3 Å². The first kappa shape index (κ1) is 17.4. The summed E-state index contributed by atoms with van der Waals surface area (Å²) in [5.74, 6) is 2.28. The first-order chi connectivity index (χ1) is 13.8. The highest BCUT2D eigenvalue weighted by atomic mass is 16.1. The fraction of sp³-hybridized carbons (Fsp3) is 0.320. The molecule has 0 radical (unpaired) electrons. The molecule has 28 heavy (non-hydrogen) atoms. The maximum absolute atomic E-state index is 12.2. The molecule has 1 heterocycles. The second-order valence-electron chi connectivity index (χ2n) is 8.22. The Balaban J connectivity index is 1.18. The largest absolute Gasteiger partial charge is 0.351 e. The van der Waals surface area contributed by atoms with Crippen LogP contribution in [0.2, 0.25) is 0 Å². The van der Waals surface area contributed by atoms with Gasteiger partial charge in [-0.15, -0.1) is 0 Å². The summed E-state index contributed by atoms with van der Waals surface area (Å²) in [5.41, 5.74) is 2.26. The van der Waals surface area contributed by atoms with E-state index in [2.05, 4.69) is 52.7 Å². The molecule has 3 atom stereocenters. The number of benzene rings is 3. The summed E-state index contributed by atoms with van der Waals surface area (Å²) in [5, 5.41) is 5.83. The zero-order valence-electron chi connectivity index (χ0n) is 16.1. The number of likely N-dealkylation sites (tertiary alicyclic amines) is 1. The average molecular weight is 370 g/mol. The van der Waals surface area contributed by atoms with Crippen molar-refractivity contribution >= 4 is 16.7 Å². The normalized spacial score (nSPS) is 23.9. The SMILES string of the molecule is O=C(NCCN1CC2CC(c3cccc4ccccc34)C2C1)c1ccccc1. The van der Waals surface area contributed by atoms with E-state index in [9.17, 15) is 4.79 Å². The van der Waals surface area contributed by atoms with Crippen LogP contribution in [-0.4, -0.2) is 37.0 Å². The van der Waals surface area contributed by atoms with Gasteiger partial charge in [-0.1, -0.05) is 60.7 Å². The first-order valence-corrected chi connectivity index (χ1v) is 10.3. The van der Waals surface area contributed by atoms with Crippen LogP contribution in [0, 0.1) is 11.8 Å². The highest BCUT2D eigenvalue weighted by Crippen LogP contribution is 2.52. The van der Waals surface area contributed by atoms with Gasteiger partial charge in [0.1, 0.15) is 0 Å². The van der Waals surface area contributed by atoms with E-state index in [1.807, 2.05) is 30.3 Å². The van der Waals surface area contributed by atoms with Gasteiger partial charge in [-0.25, -0.2) is 0 Å². The Morgan fingerprint density at radius 3 is 2.61 bits per heavy atom. The van der Waals surface area contributed by atoms with Gasteiger partial charge in [0.2, 0.25) is 0 Å². The van der Waals surface area contributed by atoms with Crippen LogP contribution in [-0.2, 0) is 0 Å². The molecule has 1 N–H and O–H groups in total. The Bertz CT molecular complexity index is 979. The Morgan fingerprint density at radius 2 is 1.71 bits per heavy atom. The quantitative estimate of drug-likeness (QED) is 0.726. The highest BCUT2D eigenvalue weighted by molar-refractivity contribution is 5.94. The van der Waals surface area contributed by atoms with E-state index >= 15 is 0 Å². The summed E-state index contributed by atoms with van der Waals surface area (Å²) in [6.07, 6.45) is 1.30. The molecule has 1 amide bonds. The van der Waals surface area contributed by atoms with E-state index in [-0.39, 0.29) is 5.91 Å². The van der Waals surface area contributed by atoms with Crippen LogP contribution in [0.5, 0.6) is 0 Å². The van der Waals surface area contributed by atoms with Crippen LogP contribution >= 0.6 is 0 Å². The molecule has 3 unspecified atom stereocenters. The molecule has 142 valence electrons. The van der Waals surface area contributed by atoms with Crippen LogP contribution in [0.4, 0.5) is 0 Å². The molecule has 3 heteroatoms. The topological polar surface area (TPSA) is 32.3 Å². The van der Waals surface area contributed by atoms with E-state index in [1.165, 1.54) is 29.3 Å². The standard InChI is InChI=1S/C25H26N2O/c28-25(19-8-2-1-3-9-19)26-13-14-27-16-20-15-23(24(20)17-27)22-12-6-10-18-7-4-5-11-21(18)22/h1-12,20,23-24H,13-17H2,(H,26,28). The van der Waals surface area contributed by atoms with Gasteiger partial charge in [0.25, 0.3) is 5.91 Å². The van der Waals surface area contributed by atoms with Crippen molar-refractivity contribution in [3.05, 3.63) is 83.9 Å². The number of carbonyl (C=O) groups excluding carboxylic acids is 1. The summed E-state index contributed by atoms with van der Waals surface area (Å²) < 4.78 is 0. The molecule has 0 spiro atoms. The third-order valence-corrected chi connectivity index (χ3v) is 6.61. The molecule has 1 saturated heterocycles. The summed E-state index contributed by atoms with van der Waals surface area (Å²) in [4.78, 5) is 14.7. The Hall–Kier alpha value is -2.65. The maximum atomic E-state index is 12.2. The molecular formula is C25H26N2O. The summed E-state index contributed by atoms with van der Waals surface area (Å²) in [6.45, 7) is 3.98. The lowest BCUT2D eigenvalue weighted by Crippen LogP contribution is -2.34. The van der Waals surface area contributed by atoms with Gasteiger partial charge in [-0.05, 0) is 52.6 Å². The number of nitrogens with one attached hydrogen (secondary N) is 1. The Kier molecular flexibility index (Phi) is 4.61. The van der Waals surface area contributed by atoms with Crippen molar-refractivity contribution in [3.63, 3.8) is 0 Å². The van der Waals surface area contributed by atoms with Gasteiger partial charge in [0.05, 0.1) is 0 Å². The predicted molar refractivity (Wildman–Crippen MR) is 114 cm³/mol. The third-order valence-electron chi connectivity index (χ3n) is 6.61. The Morgan fingerprint density at radius 1 is 0.929 bits per heavy atom. The molecule has 3 aromatic rings. The van der Waals surface area contributed by atoms with Crippen molar-refractivity contribution < 1.29 is 4.79 Å². The summed E-state index contributed by atoms with van der Waals surface area (Å²) >= 11 is 0. The van der Waals surface area contributed by atoms with Gasteiger partial charge < -0.3 is 10.2 Å². The van der Waals surface area contributed by atoms with E-state index in [4.69, 9.17) is 0 Å². The number of amides is 1. The van der Waals surface area contributed by atoms with Crippen molar-refractivity contribution in [1.29, 1.82) is 0 Å². The number of carbonyl (C=O) groups is 1. The molecule has 1 aliphatic heterocycles. The highest BCUT2D eigenvalue weighted by Gasteiger charge is 2.47. The van der Waals surface area contributed by atoms with Crippen LogP contribution in [0.3, 0.4) is 0 Å². The third kappa shape index (κ3) is 3.20. The average Bonchev–Trinajstić information content (AvgIpc) is 3.05. The number of nitrogens with zero attached hydrogens (tertiary/aromatic N) is 1. The lowest BCUT2D eigenvalue weighted by Gasteiger charge is -2.40. The van der Waals surface area contributed by atoms with Crippen molar-refractivity contribution in [2.75, 3.05) is 26.2 Å². The molecule has 2 fully saturated rings. The second-order valence-corrected chi connectivity index (χ2v) is 8.22. The van der Waals surface area contributed by atoms with Crippen LogP contribution in [0.15, 0.2) is 72.8 Å². The van der Waals surface area contributed by atoms with E-state index < -0.39 is 0 Å². The minimum atomic E-state index is 0.0244. The zero-order chi connectivity index (χ0) is 18.9. The van der Waals surface area contributed by atoms with E-state index in [0.29, 0.717) is 12.5 Å². The maximum Gasteiger partial charge on any atom is 0.251 e. The first-order valence-electron chi connectivity index (χ1n) is 10.3. The fourth-order valence-electron chi connectivity index (χ4n) is 5.13. The van der Waals surface area contributed by atoms with E-state index in [1.54, 1.807) is 0 Å². The van der Waals surface area contributed by atoms with Crippen molar-refractivity contribution in [2.24, 2.45) is 11.8 Å². The fourth-order valence-corrected chi connectivity index (χ4v) is 5.13. The van der Waals surface area contributed by atoms with Gasteiger partial charge in [0.15, 0.2) is 0 Å². The van der Waals surface area contributed by atoms with Gasteiger partial charge >= 0.3 is 0 Å². The molecule has 0 aromatic heterocycles. The van der Waals surface area contributed by atoms with Crippen molar-refractivity contribution in [3.8, 4) is 0 Å². The minimum Gasteiger partial charge on any atom is -0.351 e. The van der Waals surface area contributed by atoms with E-state index in [0.717, 1.165) is 30.5 Å². The molecule has 1 aliphatic carbocycles. The number of rotatable bonds is 5. The van der Waals surface area contributed by atoms with Gasteiger partial charge in [-0.2, -0.15) is 0 Å². The van der Waals surface area contributed by atoms with Crippen molar-refractivity contribution in [2.45, 2.75) is 12.3 Å². The molecule has 0 bridgehead atoms. The smallest absolute Gasteiger partial charge is 0.251 e. The minimum absolute atomic E-state index is 0.0244. The lowest BCUT2D eigenvalue weighted by atomic mass is 9.63. The number of fused-ring (bicyclic) bond motifs is 2. The number of hydrogen-bond acceptors (Lipinski definition) is 2. The molecule has 1 saturated carbocycles. The lowest BCUT2D eigenvalue weighted by molar-refractivity contribution is 0.0949. The summed E-state index contributed by atoms with van der Waals surface area (Å²) in [7, 11) is 0. The predicted octanol–water partition coefficient (Wildman–Crippen LogP) is 4.31. The van der Waals surface area contributed by atoms with Crippen LogP contribution < -0.4 is 5.32 Å². The molecule has 3 aromatic carbocycles. The summed E-state index contributed by atoms with van der Waals surface area (Å²) in [6, 6.07) is 25.0. The Labute approximate surface area is 166 Å². The van der Waals surface area contributed by atoms with Crippen LogP contribution in [0.25, 0.3) is 10.8 Å². The number of hydrogen-bond donors (Lipinski definition) is 1. The molecule has 2 aliphatic rings. The van der Waals surface area contributed by atoms with Gasteiger partial charge in [-0.3, -0.25) is 4.79 Å². The molecule has 5 rings (SSSR count). The van der Waals surface area contributed by atoms with Gasteiger partial charge in [0, 0.05) is 31.7 Å². The second kappa shape index (κ2) is 7.40. The zero-order valence-corrected chi connectivity index (χ0v) is 16.1. The molecular weight excluding hydrogens is 344 g/mol. The monoisotopic (exact) mass is 370 g/mol. The van der Waals surface area contributed by atoms with Crippen molar-refractivity contribution in [1.82, 2.24) is 10.2 Å².